The molecule has 1 nitrogen and oxygen atoms in total. The third-order valence-corrected chi connectivity index (χ3v) is 3.54. The maximum absolute atomic E-state index is 5.61. The van der Waals surface area contributed by atoms with E-state index in [1.807, 2.05) is 0 Å². The van der Waals surface area contributed by atoms with Gasteiger partial charge in [0.1, 0.15) is 0 Å². The second-order valence-electron chi connectivity index (χ2n) is 4.92. The molecule has 0 aliphatic rings. The molecule has 2 rings (SSSR count). The van der Waals surface area contributed by atoms with Crippen LogP contribution in [0, 0.1) is 6.92 Å². The molecule has 0 aliphatic carbocycles. The summed E-state index contributed by atoms with van der Waals surface area (Å²) in [5.41, 5.74) is 10.9. The molecule has 1 heteroatoms. The largest absolute Gasteiger partial charge is 0.330 e. The molecule has 2 aromatic rings. The Kier molecular flexibility index (Phi) is 4.16. The zero-order chi connectivity index (χ0) is 13.0. The van der Waals surface area contributed by atoms with Gasteiger partial charge in [0.15, 0.2) is 0 Å². The van der Waals surface area contributed by atoms with E-state index in [0.29, 0.717) is 5.92 Å². The van der Waals surface area contributed by atoms with Crippen molar-refractivity contribution in [1.29, 1.82) is 0 Å². The summed E-state index contributed by atoms with van der Waals surface area (Å²) in [5, 5.41) is 0. The number of rotatable bonds is 4. The van der Waals surface area contributed by atoms with Crippen LogP contribution in [0.2, 0.25) is 0 Å². The first-order valence-corrected chi connectivity index (χ1v) is 6.58. The average molecular weight is 239 g/mol. The van der Waals surface area contributed by atoms with Crippen molar-refractivity contribution in [3.63, 3.8) is 0 Å². The monoisotopic (exact) mass is 239 g/mol. The van der Waals surface area contributed by atoms with Crippen molar-refractivity contribution in [2.24, 2.45) is 5.73 Å². The molecule has 94 valence electrons. The molecule has 0 fully saturated rings. The molecule has 0 saturated heterocycles. The zero-order valence-electron chi connectivity index (χ0n) is 11.2. The molecule has 0 bridgehead atoms. The van der Waals surface area contributed by atoms with Gasteiger partial charge in [0.05, 0.1) is 0 Å². The van der Waals surface area contributed by atoms with E-state index in [-0.39, 0.29) is 0 Å². The molecular formula is C17H21N. The fourth-order valence-electron chi connectivity index (χ4n) is 2.30. The number of nitrogens with two attached hydrogens (primary N) is 1. The lowest BCUT2D eigenvalue weighted by Gasteiger charge is -2.12. The summed E-state index contributed by atoms with van der Waals surface area (Å²) in [6.07, 6.45) is 1.05. The van der Waals surface area contributed by atoms with Crippen molar-refractivity contribution in [3.8, 4) is 11.1 Å². The van der Waals surface area contributed by atoms with E-state index in [2.05, 4.69) is 62.4 Å². The number of benzene rings is 2. The minimum atomic E-state index is 0.543. The molecule has 0 aromatic heterocycles. The van der Waals surface area contributed by atoms with E-state index in [1.54, 1.807) is 0 Å². The molecule has 0 amide bonds. The highest BCUT2D eigenvalue weighted by Gasteiger charge is 2.05. The van der Waals surface area contributed by atoms with E-state index in [0.717, 1.165) is 13.0 Å². The predicted molar refractivity (Wildman–Crippen MR) is 78.7 cm³/mol. The molecular weight excluding hydrogens is 218 g/mol. The van der Waals surface area contributed by atoms with Gasteiger partial charge in [0.25, 0.3) is 0 Å². The van der Waals surface area contributed by atoms with Gasteiger partial charge in [0.2, 0.25) is 0 Å². The fourth-order valence-corrected chi connectivity index (χ4v) is 2.30. The van der Waals surface area contributed by atoms with Crippen LogP contribution in [0.15, 0.2) is 48.5 Å². The topological polar surface area (TPSA) is 26.0 Å². The third-order valence-electron chi connectivity index (χ3n) is 3.54. The summed E-state index contributed by atoms with van der Waals surface area (Å²) in [5.74, 6) is 0.543. The van der Waals surface area contributed by atoms with E-state index in [4.69, 9.17) is 5.73 Å². The van der Waals surface area contributed by atoms with Crippen molar-refractivity contribution in [3.05, 3.63) is 59.7 Å². The normalized spacial score (nSPS) is 12.4. The molecule has 18 heavy (non-hydrogen) atoms. The average Bonchev–Trinajstić information content (AvgIpc) is 2.40. The Hall–Kier alpha value is -1.60. The standard InChI is InChI=1S/C17H21N/c1-13(11-12-18)15-7-9-16(10-8-15)17-6-4-3-5-14(17)2/h3-10,13H,11-12,18H2,1-2H3. The maximum atomic E-state index is 5.61. The maximum Gasteiger partial charge on any atom is -0.00715 e. The van der Waals surface area contributed by atoms with Crippen LogP contribution in [0.25, 0.3) is 11.1 Å². The number of hydrogen-bond donors (Lipinski definition) is 1. The second kappa shape index (κ2) is 5.83. The first-order chi connectivity index (χ1) is 8.72. The Morgan fingerprint density at radius 3 is 2.28 bits per heavy atom. The van der Waals surface area contributed by atoms with Crippen LogP contribution in [0.5, 0.6) is 0 Å². The van der Waals surface area contributed by atoms with Crippen LogP contribution < -0.4 is 5.73 Å². The van der Waals surface area contributed by atoms with Crippen LogP contribution in [0.1, 0.15) is 30.4 Å². The fraction of sp³-hybridized carbons (Fsp3) is 0.294. The van der Waals surface area contributed by atoms with Gasteiger partial charge in [-0.2, -0.15) is 0 Å². The lowest BCUT2D eigenvalue weighted by Crippen LogP contribution is -2.04. The zero-order valence-corrected chi connectivity index (χ0v) is 11.2. The highest BCUT2D eigenvalue weighted by molar-refractivity contribution is 5.67. The quantitative estimate of drug-likeness (QED) is 0.853. The van der Waals surface area contributed by atoms with Crippen LogP contribution in [-0.4, -0.2) is 6.54 Å². The van der Waals surface area contributed by atoms with E-state index in [1.165, 1.54) is 22.3 Å². The van der Waals surface area contributed by atoms with E-state index < -0.39 is 0 Å². The van der Waals surface area contributed by atoms with Crippen LogP contribution in [0.4, 0.5) is 0 Å². The molecule has 0 radical (unpaired) electrons. The predicted octanol–water partition coefficient (Wildman–Crippen LogP) is 4.11. The lowest BCUT2D eigenvalue weighted by atomic mass is 9.94. The summed E-state index contributed by atoms with van der Waals surface area (Å²) in [6, 6.07) is 17.4. The van der Waals surface area contributed by atoms with Crippen molar-refractivity contribution < 1.29 is 0 Å². The Balaban J connectivity index is 2.25. The Morgan fingerprint density at radius 1 is 1.00 bits per heavy atom. The summed E-state index contributed by atoms with van der Waals surface area (Å²) in [7, 11) is 0. The molecule has 2 N–H and O–H groups in total. The summed E-state index contributed by atoms with van der Waals surface area (Å²) >= 11 is 0. The smallest absolute Gasteiger partial charge is 0.00715 e. The van der Waals surface area contributed by atoms with Gasteiger partial charge in [-0.3, -0.25) is 0 Å². The Morgan fingerprint density at radius 2 is 1.67 bits per heavy atom. The number of aryl methyl sites for hydroxylation is 1. The van der Waals surface area contributed by atoms with Gasteiger partial charge >= 0.3 is 0 Å². The first-order valence-electron chi connectivity index (χ1n) is 6.58. The molecule has 1 atom stereocenters. The highest BCUT2D eigenvalue weighted by atomic mass is 14.5. The highest BCUT2D eigenvalue weighted by Crippen LogP contribution is 2.26. The SMILES string of the molecule is Cc1ccccc1-c1ccc(C(C)CCN)cc1. The lowest BCUT2D eigenvalue weighted by molar-refractivity contribution is 0.690. The van der Waals surface area contributed by atoms with Crippen molar-refractivity contribution in [2.75, 3.05) is 6.54 Å². The summed E-state index contributed by atoms with van der Waals surface area (Å²) < 4.78 is 0. The van der Waals surface area contributed by atoms with Gasteiger partial charge in [-0.25, -0.2) is 0 Å². The van der Waals surface area contributed by atoms with Gasteiger partial charge < -0.3 is 5.73 Å². The Labute approximate surface area is 110 Å². The number of hydrogen-bond acceptors (Lipinski definition) is 1. The molecule has 0 heterocycles. The van der Waals surface area contributed by atoms with Gasteiger partial charge in [0, 0.05) is 0 Å². The molecule has 1 unspecified atom stereocenters. The van der Waals surface area contributed by atoms with Gasteiger partial charge in [-0.1, -0.05) is 55.5 Å². The van der Waals surface area contributed by atoms with Crippen molar-refractivity contribution >= 4 is 0 Å². The molecule has 0 saturated carbocycles. The second-order valence-corrected chi connectivity index (χ2v) is 4.92. The van der Waals surface area contributed by atoms with Gasteiger partial charge in [-0.15, -0.1) is 0 Å². The molecule has 2 aromatic carbocycles. The third kappa shape index (κ3) is 2.80. The first kappa shape index (κ1) is 12.8. The summed E-state index contributed by atoms with van der Waals surface area (Å²) in [4.78, 5) is 0. The molecule has 0 spiro atoms. The summed E-state index contributed by atoms with van der Waals surface area (Å²) in [6.45, 7) is 5.14. The minimum absolute atomic E-state index is 0.543. The van der Waals surface area contributed by atoms with Gasteiger partial charge in [-0.05, 0) is 48.1 Å². The van der Waals surface area contributed by atoms with Crippen molar-refractivity contribution in [2.45, 2.75) is 26.2 Å². The van der Waals surface area contributed by atoms with E-state index >= 15 is 0 Å². The Bertz CT molecular complexity index is 499. The van der Waals surface area contributed by atoms with Crippen LogP contribution in [-0.2, 0) is 0 Å². The van der Waals surface area contributed by atoms with Crippen LogP contribution >= 0.6 is 0 Å². The van der Waals surface area contributed by atoms with Crippen LogP contribution in [0.3, 0.4) is 0 Å². The molecule has 0 aliphatic heterocycles. The van der Waals surface area contributed by atoms with Crippen molar-refractivity contribution in [1.82, 2.24) is 0 Å². The minimum Gasteiger partial charge on any atom is -0.330 e. The van der Waals surface area contributed by atoms with E-state index in [9.17, 15) is 0 Å².